The van der Waals surface area contributed by atoms with Crippen molar-refractivity contribution in [3.8, 4) is 5.75 Å². The van der Waals surface area contributed by atoms with Gasteiger partial charge < -0.3 is 25.0 Å². The van der Waals surface area contributed by atoms with Crippen molar-refractivity contribution in [2.45, 2.75) is 39.8 Å². The molecule has 0 unspecified atom stereocenters. The van der Waals surface area contributed by atoms with Crippen LogP contribution in [-0.2, 0) is 17.8 Å². The fraction of sp³-hybridized carbons (Fsp3) is 0.500. The molecule has 1 aromatic carbocycles. The maximum absolute atomic E-state index is 5.93. The molecule has 0 atom stereocenters. The van der Waals surface area contributed by atoms with Crippen LogP contribution in [-0.4, -0.2) is 50.9 Å². The zero-order chi connectivity index (χ0) is 21.9. The van der Waals surface area contributed by atoms with E-state index in [0.717, 1.165) is 41.7 Å². The van der Waals surface area contributed by atoms with Crippen molar-refractivity contribution in [1.82, 2.24) is 15.6 Å². The number of hydrogen-bond donors (Lipinski definition) is 2. The molecule has 0 saturated carbocycles. The Balaban J connectivity index is 1.50. The Hall–Kier alpha value is -2.80. The number of nitrogens with one attached hydrogen (secondary N) is 2. The third kappa shape index (κ3) is 7.14. The monoisotopic (exact) mass is 425 g/mol. The van der Waals surface area contributed by atoms with E-state index >= 15 is 0 Å². The van der Waals surface area contributed by atoms with Gasteiger partial charge in [-0.25, -0.2) is 4.98 Å². The second-order valence-electron chi connectivity index (χ2n) is 7.65. The van der Waals surface area contributed by atoms with Crippen LogP contribution in [0.2, 0.25) is 0 Å². The van der Waals surface area contributed by atoms with Gasteiger partial charge in [0.15, 0.2) is 5.96 Å². The molecule has 7 heteroatoms. The van der Waals surface area contributed by atoms with E-state index in [1.54, 1.807) is 7.05 Å². The van der Waals surface area contributed by atoms with Crippen molar-refractivity contribution in [2.75, 3.05) is 44.9 Å². The fourth-order valence-corrected chi connectivity index (χ4v) is 3.54. The number of aliphatic imine (C=N–C) groups is 1. The van der Waals surface area contributed by atoms with E-state index in [0.29, 0.717) is 32.9 Å². The first-order valence-corrected chi connectivity index (χ1v) is 11.1. The molecule has 0 aliphatic carbocycles. The van der Waals surface area contributed by atoms with E-state index in [2.05, 4.69) is 62.8 Å². The van der Waals surface area contributed by atoms with Gasteiger partial charge in [-0.3, -0.25) is 4.99 Å². The molecular weight excluding hydrogens is 390 g/mol. The zero-order valence-corrected chi connectivity index (χ0v) is 19.0. The molecule has 0 spiro atoms. The largest absolute Gasteiger partial charge is 0.491 e. The lowest BCUT2D eigenvalue weighted by molar-refractivity contribution is 0.110. The molecule has 2 N–H and O–H groups in total. The molecule has 0 amide bonds. The molecule has 7 nitrogen and oxygen atoms in total. The summed E-state index contributed by atoms with van der Waals surface area (Å²) in [7, 11) is 1.78. The number of guanidine groups is 1. The first-order chi connectivity index (χ1) is 15.2. The predicted octanol–water partition coefficient (Wildman–Crippen LogP) is 3.27. The number of hydrogen-bond acceptors (Lipinski definition) is 5. The highest BCUT2D eigenvalue weighted by Crippen LogP contribution is 2.20. The number of ether oxygens (including phenoxy) is 2. The van der Waals surface area contributed by atoms with Crippen molar-refractivity contribution >= 4 is 11.8 Å². The highest BCUT2D eigenvalue weighted by atomic mass is 16.5. The van der Waals surface area contributed by atoms with Crippen LogP contribution in [0, 0.1) is 6.92 Å². The number of aromatic nitrogens is 1. The smallest absolute Gasteiger partial charge is 0.191 e. The fourth-order valence-electron chi connectivity index (χ4n) is 3.54. The quantitative estimate of drug-likeness (QED) is 0.346. The first kappa shape index (κ1) is 22.9. The van der Waals surface area contributed by atoms with Crippen molar-refractivity contribution in [3.05, 3.63) is 53.2 Å². The third-order valence-corrected chi connectivity index (χ3v) is 5.28. The van der Waals surface area contributed by atoms with Gasteiger partial charge >= 0.3 is 0 Å². The van der Waals surface area contributed by atoms with Crippen molar-refractivity contribution in [2.24, 2.45) is 4.99 Å². The van der Waals surface area contributed by atoms with Crippen LogP contribution in [0.15, 0.2) is 41.5 Å². The average Bonchev–Trinajstić information content (AvgIpc) is 3.33. The lowest BCUT2D eigenvalue weighted by Crippen LogP contribution is -2.36. The summed E-state index contributed by atoms with van der Waals surface area (Å²) < 4.78 is 11.3. The van der Waals surface area contributed by atoms with Crippen LogP contribution in [0.3, 0.4) is 0 Å². The van der Waals surface area contributed by atoms with Gasteiger partial charge in [-0.15, -0.1) is 0 Å². The van der Waals surface area contributed by atoms with Crippen LogP contribution < -0.4 is 20.3 Å². The second kappa shape index (κ2) is 12.2. The normalized spacial score (nSPS) is 14.0. The lowest BCUT2D eigenvalue weighted by atomic mass is 10.1. The van der Waals surface area contributed by atoms with E-state index < -0.39 is 0 Å². The minimum atomic E-state index is 0.539. The zero-order valence-electron chi connectivity index (χ0n) is 19.0. The summed E-state index contributed by atoms with van der Waals surface area (Å²) in [4.78, 5) is 11.3. The van der Waals surface area contributed by atoms with Gasteiger partial charge in [0.25, 0.3) is 0 Å². The van der Waals surface area contributed by atoms with Crippen molar-refractivity contribution in [1.29, 1.82) is 0 Å². The standard InChI is InChI=1S/C24H35N5O2/c1-4-30-13-14-31-22-15-19(2)7-9-21(22)18-28-24(25-3)27-17-20-8-10-23(26-16-20)29-11-5-6-12-29/h7-10,15-16H,4-6,11-14,17-18H2,1-3H3,(H2,25,27,28). The summed E-state index contributed by atoms with van der Waals surface area (Å²) in [5, 5.41) is 6.73. The molecule has 1 saturated heterocycles. The number of nitrogens with zero attached hydrogens (tertiary/aromatic N) is 3. The topological polar surface area (TPSA) is 71.0 Å². The maximum atomic E-state index is 5.93. The first-order valence-electron chi connectivity index (χ1n) is 11.1. The van der Waals surface area contributed by atoms with Crippen molar-refractivity contribution < 1.29 is 9.47 Å². The molecule has 3 rings (SSSR count). The molecule has 1 aliphatic rings. The third-order valence-electron chi connectivity index (χ3n) is 5.28. The second-order valence-corrected chi connectivity index (χ2v) is 7.65. The summed E-state index contributed by atoms with van der Waals surface area (Å²) in [5.74, 6) is 2.69. The van der Waals surface area contributed by atoms with Gasteiger partial charge in [0, 0.05) is 51.6 Å². The molecule has 2 heterocycles. The molecule has 0 bridgehead atoms. The molecule has 2 aromatic rings. The van der Waals surface area contributed by atoms with Crippen LogP contribution in [0.5, 0.6) is 5.75 Å². The minimum Gasteiger partial charge on any atom is -0.491 e. The summed E-state index contributed by atoms with van der Waals surface area (Å²) in [6, 6.07) is 10.5. The molecule has 0 radical (unpaired) electrons. The number of anilines is 1. The minimum absolute atomic E-state index is 0.539. The molecule has 1 aromatic heterocycles. The highest BCUT2D eigenvalue weighted by Gasteiger charge is 2.13. The van der Waals surface area contributed by atoms with Gasteiger partial charge in [0.05, 0.1) is 6.61 Å². The van der Waals surface area contributed by atoms with Gasteiger partial charge in [-0.05, 0) is 49.9 Å². The van der Waals surface area contributed by atoms with E-state index in [-0.39, 0.29) is 0 Å². The van der Waals surface area contributed by atoms with Crippen LogP contribution in [0.1, 0.15) is 36.5 Å². The van der Waals surface area contributed by atoms with Gasteiger partial charge in [0.1, 0.15) is 18.2 Å². The maximum Gasteiger partial charge on any atom is 0.191 e. The number of pyridine rings is 1. The number of rotatable bonds is 10. The highest BCUT2D eigenvalue weighted by molar-refractivity contribution is 5.79. The van der Waals surface area contributed by atoms with E-state index in [1.807, 2.05) is 13.1 Å². The van der Waals surface area contributed by atoms with E-state index in [1.165, 1.54) is 18.4 Å². The Morgan fingerprint density at radius 2 is 1.90 bits per heavy atom. The van der Waals surface area contributed by atoms with E-state index in [9.17, 15) is 0 Å². The number of aryl methyl sites for hydroxylation is 1. The molecular formula is C24H35N5O2. The summed E-state index contributed by atoms with van der Waals surface area (Å²) >= 11 is 0. The Labute approximate surface area is 185 Å². The van der Waals surface area contributed by atoms with Gasteiger partial charge in [0.2, 0.25) is 0 Å². The summed E-state index contributed by atoms with van der Waals surface area (Å²) in [6.45, 7) is 9.38. The summed E-state index contributed by atoms with van der Waals surface area (Å²) in [5.41, 5.74) is 3.38. The van der Waals surface area contributed by atoms with Gasteiger partial charge in [-0.2, -0.15) is 0 Å². The Bertz CT molecular complexity index is 832. The Morgan fingerprint density at radius 1 is 1.10 bits per heavy atom. The lowest BCUT2D eigenvalue weighted by Gasteiger charge is -2.17. The summed E-state index contributed by atoms with van der Waals surface area (Å²) in [6.07, 6.45) is 4.46. The van der Waals surface area contributed by atoms with Crippen LogP contribution in [0.4, 0.5) is 5.82 Å². The van der Waals surface area contributed by atoms with Crippen molar-refractivity contribution in [3.63, 3.8) is 0 Å². The average molecular weight is 426 g/mol. The number of benzene rings is 1. The van der Waals surface area contributed by atoms with Crippen LogP contribution in [0.25, 0.3) is 0 Å². The Morgan fingerprint density at radius 3 is 2.61 bits per heavy atom. The van der Waals surface area contributed by atoms with E-state index in [4.69, 9.17) is 9.47 Å². The molecule has 1 fully saturated rings. The Kier molecular flexibility index (Phi) is 8.97. The SMILES string of the molecule is CCOCCOc1cc(C)ccc1CNC(=NC)NCc1ccc(N2CCCC2)nc1. The molecule has 31 heavy (non-hydrogen) atoms. The van der Waals surface area contributed by atoms with Gasteiger partial charge in [-0.1, -0.05) is 18.2 Å². The molecule has 168 valence electrons. The predicted molar refractivity (Wildman–Crippen MR) is 126 cm³/mol. The molecule has 1 aliphatic heterocycles. The van der Waals surface area contributed by atoms with Crippen LogP contribution >= 0.6 is 0 Å².